The summed E-state index contributed by atoms with van der Waals surface area (Å²) >= 11 is 0. The summed E-state index contributed by atoms with van der Waals surface area (Å²) in [6.07, 6.45) is 8.73. The first-order chi connectivity index (χ1) is 5.92. The molecule has 1 aliphatic heterocycles. The van der Waals surface area contributed by atoms with Crippen LogP contribution in [0.5, 0.6) is 0 Å². The summed E-state index contributed by atoms with van der Waals surface area (Å²) in [5, 5.41) is 3.69. The summed E-state index contributed by atoms with van der Waals surface area (Å²) in [4.78, 5) is 0. The average molecular weight is 167 g/mol. The number of rotatable bonds is 2. The van der Waals surface area contributed by atoms with E-state index >= 15 is 0 Å². The van der Waals surface area contributed by atoms with Crippen LogP contribution < -0.4 is 5.32 Å². The molecule has 3 unspecified atom stereocenters. The SMILES string of the molecule is CCCC1CNC2CCCCC12. The lowest BCUT2D eigenvalue weighted by Gasteiger charge is -2.28. The normalized spacial score (nSPS) is 41.2. The molecule has 70 valence electrons. The molecule has 1 aliphatic carbocycles. The van der Waals surface area contributed by atoms with Gasteiger partial charge in [0.05, 0.1) is 0 Å². The molecule has 3 atom stereocenters. The Balaban J connectivity index is 1.92. The first kappa shape index (κ1) is 8.55. The number of hydrogen-bond donors (Lipinski definition) is 1. The molecule has 0 spiro atoms. The second-order valence-electron chi connectivity index (χ2n) is 4.51. The lowest BCUT2D eigenvalue weighted by atomic mass is 9.78. The summed E-state index contributed by atoms with van der Waals surface area (Å²) in [7, 11) is 0. The second kappa shape index (κ2) is 3.78. The molecule has 0 aromatic rings. The maximum Gasteiger partial charge on any atom is 0.00985 e. The van der Waals surface area contributed by atoms with E-state index in [0.29, 0.717) is 0 Å². The van der Waals surface area contributed by atoms with Gasteiger partial charge in [-0.3, -0.25) is 0 Å². The molecule has 0 radical (unpaired) electrons. The molecule has 2 aliphatic rings. The van der Waals surface area contributed by atoms with Gasteiger partial charge in [0, 0.05) is 6.04 Å². The quantitative estimate of drug-likeness (QED) is 0.666. The van der Waals surface area contributed by atoms with E-state index in [2.05, 4.69) is 12.2 Å². The lowest BCUT2D eigenvalue weighted by molar-refractivity contribution is 0.264. The van der Waals surface area contributed by atoms with Gasteiger partial charge in [0.15, 0.2) is 0 Å². The van der Waals surface area contributed by atoms with E-state index < -0.39 is 0 Å². The van der Waals surface area contributed by atoms with Gasteiger partial charge in [0.25, 0.3) is 0 Å². The Morgan fingerprint density at radius 2 is 2.08 bits per heavy atom. The van der Waals surface area contributed by atoms with Crippen LogP contribution in [0.1, 0.15) is 45.4 Å². The fourth-order valence-electron chi connectivity index (χ4n) is 3.12. The van der Waals surface area contributed by atoms with Gasteiger partial charge in [0.1, 0.15) is 0 Å². The highest BCUT2D eigenvalue weighted by Gasteiger charge is 2.36. The van der Waals surface area contributed by atoms with Crippen molar-refractivity contribution < 1.29 is 0 Å². The predicted molar refractivity (Wildman–Crippen MR) is 52.1 cm³/mol. The zero-order valence-electron chi connectivity index (χ0n) is 8.18. The molecule has 0 bridgehead atoms. The Morgan fingerprint density at radius 3 is 2.92 bits per heavy atom. The average Bonchev–Trinajstić information content (AvgIpc) is 2.50. The highest BCUT2D eigenvalue weighted by Crippen LogP contribution is 2.36. The van der Waals surface area contributed by atoms with E-state index in [1.165, 1.54) is 45.1 Å². The fraction of sp³-hybridized carbons (Fsp3) is 1.00. The smallest absolute Gasteiger partial charge is 0.00985 e. The van der Waals surface area contributed by atoms with E-state index in [1.807, 2.05) is 0 Å². The number of nitrogens with one attached hydrogen (secondary N) is 1. The maximum atomic E-state index is 3.69. The van der Waals surface area contributed by atoms with Crippen LogP contribution in [0.2, 0.25) is 0 Å². The zero-order valence-corrected chi connectivity index (χ0v) is 8.18. The van der Waals surface area contributed by atoms with Crippen molar-refractivity contribution in [2.45, 2.75) is 51.5 Å². The molecule has 0 amide bonds. The van der Waals surface area contributed by atoms with Gasteiger partial charge < -0.3 is 5.32 Å². The van der Waals surface area contributed by atoms with Crippen LogP contribution in [0.4, 0.5) is 0 Å². The Morgan fingerprint density at radius 1 is 1.25 bits per heavy atom. The minimum absolute atomic E-state index is 0.898. The van der Waals surface area contributed by atoms with Gasteiger partial charge >= 0.3 is 0 Å². The third kappa shape index (κ3) is 1.52. The summed E-state index contributed by atoms with van der Waals surface area (Å²) in [6.45, 7) is 3.62. The molecular formula is C11H21N. The van der Waals surface area contributed by atoms with Crippen molar-refractivity contribution in [1.29, 1.82) is 0 Å². The fourth-order valence-corrected chi connectivity index (χ4v) is 3.12. The van der Waals surface area contributed by atoms with Crippen LogP contribution in [0, 0.1) is 11.8 Å². The monoisotopic (exact) mass is 167 g/mol. The number of hydrogen-bond acceptors (Lipinski definition) is 1. The Kier molecular flexibility index (Phi) is 2.69. The van der Waals surface area contributed by atoms with Crippen LogP contribution in [0.25, 0.3) is 0 Å². The molecule has 1 N–H and O–H groups in total. The van der Waals surface area contributed by atoms with E-state index in [4.69, 9.17) is 0 Å². The molecular weight excluding hydrogens is 146 g/mol. The Bertz CT molecular complexity index is 144. The van der Waals surface area contributed by atoms with E-state index in [1.54, 1.807) is 0 Å². The maximum absolute atomic E-state index is 3.69. The van der Waals surface area contributed by atoms with Gasteiger partial charge in [0.2, 0.25) is 0 Å². The molecule has 1 nitrogen and oxygen atoms in total. The van der Waals surface area contributed by atoms with Crippen molar-refractivity contribution >= 4 is 0 Å². The molecule has 2 fully saturated rings. The summed E-state index contributed by atoms with van der Waals surface area (Å²) < 4.78 is 0. The van der Waals surface area contributed by atoms with Crippen molar-refractivity contribution in [1.82, 2.24) is 5.32 Å². The zero-order chi connectivity index (χ0) is 8.39. The van der Waals surface area contributed by atoms with Crippen LogP contribution in [0.15, 0.2) is 0 Å². The highest BCUT2D eigenvalue weighted by atomic mass is 15.0. The molecule has 0 aromatic heterocycles. The van der Waals surface area contributed by atoms with Crippen molar-refractivity contribution in [3.63, 3.8) is 0 Å². The standard InChI is InChI=1S/C11H21N/c1-2-5-9-8-12-11-7-4-3-6-10(9)11/h9-12H,2-8H2,1H3. The van der Waals surface area contributed by atoms with Crippen LogP contribution in [0.3, 0.4) is 0 Å². The number of fused-ring (bicyclic) bond motifs is 1. The Hall–Kier alpha value is -0.0400. The van der Waals surface area contributed by atoms with Crippen LogP contribution in [-0.4, -0.2) is 12.6 Å². The molecule has 0 aromatic carbocycles. The summed E-state index contributed by atoms with van der Waals surface area (Å²) in [6, 6.07) is 0.898. The van der Waals surface area contributed by atoms with Crippen LogP contribution >= 0.6 is 0 Å². The van der Waals surface area contributed by atoms with Crippen molar-refractivity contribution in [2.75, 3.05) is 6.54 Å². The Labute approximate surface area is 75.9 Å². The third-order valence-corrected chi connectivity index (χ3v) is 3.73. The minimum atomic E-state index is 0.898. The largest absolute Gasteiger partial charge is 0.313 e. The van der Waals surface area contributed by atoms with Gasteiger partial charge in [-0.05, 0) is 37.6 Å². The molecule has 2 rings (SSSR count). The summed E-state index contributed by atoms with van der Waals surface area (Å²) in [5.74, 6) is 2.05. The minimum Gasteiger partial charge on any atom is -0.313 e. The first-order valence-electron chi connectivity index (χ1n) is 5.65. The van der Waals surface area contributed by atoms with Crippen molar-refractivity contribution in [2.24, 2.45) is 11.8 Å². The molecule has 1 heteroatoms. The molecule has 1 heterocycles. The van der Waals surface area contributed by atoms with Gasteiger partial charge in [-0.1, -0.05) is 26.2 Å². The first-order valence-corrected chi connectivity index (χ1v) is 5.65. The van der Waals surface area contributed by atoms with Gasteiger partial charge in [-0.15, -0.1) is 0 Å². The van der Waals surface area contributed by atoms with E-state index in [9.17, 15) is 0 Å². The second-order valence-corrected chi connectivity index (χ2v) is 4.51. The third-order valence-electron chi connectivity index (χ3n) is 3.73. The molecule has 12 heavy (non-hydrogen) atoms. The topological polar surface area (TPSA) is 12.0 Å². The molecule has 1 saturated carbocycles. The van der Waals surface area contributed by atoms with E-state index in [0.717, 1.165) is 17.9 Å². The predicted octanol–water partition coefficient (Wildman–Crippen LogP) is 2.56. The van der Waals surface area contributed by atoms with E-state index in [-0.39, 0.29) is 0 Å². The lowest BCUT2D eigenvalue weighted by Crippen LogP contribution is -2.30. The highest BCUT2D eigenvalue weighted by molar-refractivity contribution is 4.92. The van der Waals surface area contributed by atoms with Gasteiger partial charge in [-0.25, -0.2) is 0 Å². The summed E-state index contributed by atoms with van der Waals surface area (Å²) in [5.41, 5.74) is 0. The van der Waals surface area contributed by atoms with Crippen LogP contribution in [-0.2, 0) is 0 Å². The van der Waals surface area contributed by atoms with Crippen molar-refractivity contribution in [3.05, 3.63) is 0 Å². The van der Waals surface area contributed by atoms with Gasteiger partial charge in [-0.2, -0.15) is 0 Å². The van der Waals surface area contributed by atoms with Crippen molar-refractivity contribution in [3.8, 4) is 0 Å². The molecule has 1 saturated heterocycles.